The molecule has 14 nitrogen and oxygen atoms in total. The van der Waals surface area contributed by atoms with Crippen LogP contribution < -0.4 is 26.0 Å². The maximum atomic E-state index is 14.0. The van der Waals surface area contributed by atoms with Crippen molar-refractivity contribution in [3.05, 3.63) is 64.7 Å². The zero-order chi connectivity index (χ0) is 42.1. The van der Waals surface area contributed by atoms with Gasteiger partial charge in [0.05, 0.1) is 12.3 Å². The summed E-state index contributed by atoms with van der Waals surface area (Å²) in [6.07, 6.45) is -7.64. The Morgan fingerprint density at radius 3 is 1.73 bits per heavy atom. The summed E-state index contributed by atoms with van der Waals surface area (Å²) in [5, 5.41) is 25.8. The van der Waals surface area contributed by atoms with Crippen molar-refractivity contribution in [2.45, 2.75) is 64.0 Å². The van der Waals surface area contributed by atoms with Gasteiger partial charge in [-0.25, -0.2) is 17.6 Å². The number of halogens is 9. The summed E-state index contributed by atoms with van der Waals surface area (Å²) in [6.45, 7) is 1.84. The third-order valence-electron chi connectivity index (χ3n) is 7.53. The summed E-state index contributed by atoms with van der Waals surface area (Å²) >= 11 is 0. The lowest BCUT2D eigenvalue weighted by Crippen LogP contribution is -2.61. The third kappa shape index (κ3) is 12.6. The van der Waals surface area contributed by atoms with Gasteiger partial charge in [0.1, 0.15) is 30.8 Å². The number of aliphatic carboxylic acids is 2. The van der Waals surface area contributed by atoms with Gasteiger partial charge in [-0.2, -0.15) is 22.0 Å². The Morgan fingerprint density at radius 1 is 0.691 bits per heavy atom. The Labute approximate surface area is 303 Å². The standard InChI is InChI=1S/C32H31F9N4O10/c1-11(2)24(28(50)42-18(9-21(47)48)20(46)10-55-26-22(37)16(35)8-17(36)23(26)38)44-27(49)19(7-13-4-5-14(33)15(34)6-13)43-29(51)25(12(3)30(52)53)45-31(54)32(39,40)41/h4-6,8,11-12,18-19,24-25H,7,9-10H2,1-3H3,(H,42,50)(H,43,51)(H,44,49)(H,45,54)(H,47,48)(H,52,53)/t12-,18+,19+,24+,25?/m1/s1. The molecule has 0 fully saturated rings. The number of carboxylic acid groups (broad SMARTS) is 2. The van der Waals surface area contributed by atoms with Gasteiger partial charge >= 0.3 is 24.0 Å². The van der Waals surface area contributed by atoms with Crippen LogP contribution in [0.5, 0.6) is 5.75 Å². The van der Waals surface area contributed by atoms with Crippen LogP contribution in [-0.4, -0.2) is 88.5 Å². The van der Waals surface area contributed by atoms with Crippen LogP contribution >= 0.6 is 0 Å². The highest BCUT2D eigenvalue weighted by atomic mass is 19.4. The van der Waals surface area contributed by atoms with Gasteiger partial charge in [0.25, 0.3) is 0 Å². The molecule has 2 aromatic carbocycles. The first kappa shape index (κ1) is 45.3. The van der Waals surface area contributed by atoms with E-state index in [1.165, 1.54) is 19.2 Å². The average molecular weight is 803 g/mol. The molecular formula is C32H31F9N4O10. The van der Waals surface area contributed by atoms with Crippen molar-refractivity contribution >= 4 is 41.4 Å². The van der Waals surface area contributed by atoms with Crippen LogP contribution in [0.2, 0.25) is 0 Å². The highest BCUT2D eigenvalue weighted by Gasteiger charge is 2.44. The minimum absolute atomic E-state index is 0.165. The molecule has 0 aliphatic heterocycles. The highest BCUT2D eigenvalue weighted by molar-refractivity contribution is 5.98. The van der Waals surface area contributed by atoms with E-state index in [9.17, 15) is 83.3 Å². The van der Waals surface area contributed by atoms with E-state index in [2.05, 4.69) is 10.1 Å². The first-order valence-electron chi connectivity index (χ1n) is 15.5. The van der Waals surface area contributed by atoms with Gasteiger partial charge in [0, 0.05) is 12.5 Å². The van der Waals surface area contributed by atoms with E-state index in [0.717, 1.165) is 13.0 Å². The minimum atomic E-state index is -5.60. The van der Waals surface area contributed by atoms with Crippen molar-refractivity contribution in [3.63, 3.8) is 0 Å². The van der Waals surface area contributed by atoms with Gasteiger partial charge in [0.15, 0.2) is 34.8 Å². The smallest absolute Gasteiger partial charge is 0.471 e. The molecule has 4 amide bonds. The zero-order valence-corrected chi connectivity index (χ0v) is 28.5. The normalized spacial score (nSPS) is 14.1. The summed E-state index contributed by atoms with van der Waals surface area (Å²) in [5.74, 6) is -27.7. The van der Waals surface area contributed by atoms with E-state index < -0.39 is 144 Å². The van der Waals surface area contributed by atoms with Crippen LogP contribution in [0.25, 0.3) is 0 Å². The molecule has 5 atom stereocenters. The van der Waals surface area contributed by atoms with Gasteiger partial charge in [0.2, 0.25) is 29.4 Å². The van der Waals surface area contributed by atoms with Gasteiger partial charge in [-0.15, -0.1) is 0 Å². The summed E-state index contributed by atoms with van der Waals surface area (Å²) < 4.78 is 126. The van der Waals surface area contributed by atoms with Crippen molar-refractivity contribution in [2.75, 3.05) is 6.61 Å². The fourth-order valence-corrected chi connectivity index (χ4v) is 4.55. The predicted molar refractivity (Wildman–Crippen MR) is 165 cm³/mol. The molecule has 0 aromatic heterocycles. The minimum Gasteiger partial charge on any atom is -0.481 e. The summed E-state index contributed by atoms with van der Waals surface area (Å²) in [6, 6.07) is -6.54. The monoisotopic (exact) mass is 802 g/mol. The Kier molecular flexibility index (Phi) is 15.6. The average Bonchev–Trinajstić information content (AvgIpc) is 3.07. The lowest BCUT2D eigenvalue weighted by Gasteiger charge is -2.28. The van der Waals surface area contributed by atoms with Gasteiger partial charge in [-0.3, -0.25) is 33.6 Å². The van der Waals surface area contributed by atoms with Crippen LogP contribution in [0.3, 0.4) is 0 Å². The number of benzene rings is 2. The Morgan fingerprint density at radius 2 is 1.24 bits per heavy atom. The number of amides is 4. The number of nitrogens with one attached hydrogen (secondary N) is 4. The van der Waals surface area contributed by atoms with Crippen molar-refractivity contribution in [1.29, 1.82) is 0 Å². The molecule has 0 radical (unpaired) electrons. The quantitative estimate of drug-likeness (QED) is 0.0953. The largest absolute Gasteiger partial charge is 0.481 e. The van der Waals surface area contributed by atoms with Crippen molar-refractivity contribution in [1.82, 2.24) is 21.3 Å². The number of carbonyl (C=O) groups excluding carboxylic acids is 5. The second-order valence-corrected chi connectivity index (χ2v) is 12.0. The van der Waals surface area contributed by atoms with E-state index in [1.54, 1.807) is 0 Å². The molecule has 0 heterocycles. The molecule has 0 bridgehead atoms. The maximum Gasteiger partial charge on any atom is 0.471 e. The first-order chi connectivity index (χ1) is 25.3. The number of ketones is 1. The van der Waals surface area contributed by atoms with Gasteiger partial charge in [-0.1, -0.05) is 19.9 Å². The van der Waals surface area contributed by atoms with E-state index in [0.29, 0.717) is 12.1 Å². The molecule has 302 valence electrons. The number of alkyl halides is 3. The van der Waals surface area contributed by atoms with Crippen LogP contribution in [-0.2, 0) is 40.0 Å². The van der Waals surface area contributed by atoms with E-state index >= 15 is 0 Å². The molecule has 2 rings (SSSR count). The molecular weight excluding hydrogens is 771 g/mol. The van der Waals surface area contributed by atoms with E-state index in [4.69, 9.17) is 0 Å². The number of carbonyl (C=O) groups is 7. The van der Waals surface area contributed by atoms with Crippen LogP contribution in [0.15, 0.2) is 24.3 Å². The zero-order valence-electron chi connectivity index (χ0n) is 28.5. The van der Waals surface area contributed by atoms with Crippen LogP contribution in [0, 0.1) is 46.7 Å². The molecule has 0 saturated carbocycles. The number of hydrogen-bond donors (Lipinski definition) is 6. The molecule has 1 unspecified atom stereocenters. The third-order valence-corrected chi connectivity index (χ3v) is 7.53. The Hall–Kier alpha value is -5.90. The van der Waals surface area contributed by atoms with Crippen LogP contribution in [0.4, 0.5) is 39.5 Å². The molecule has 2 aromatic rings. The summed E-state index contributed by atoms with van der Waals surface area (Å²) in [7, 11) is 0. The molecule has 55 heavy (non-hydrogen) atoms. The fraction of sp³-hybridized carbons (Fsp3) is 0.406. The molecule has 23 heteroatoms. The predicted octanol–water partition coefficient (Wildman–Crippen LogP) is 2.06. The lowest BCUT2D eigenvalue weighted by molar-refractivity contribution is -0.175. The summed E-state index contributed by atoms with van der Waals surface area (Å²) in [4.78, 5) is 87.5. The van der Waals surface area contributed by atoms with Crippen molar-refractivity contribution < 1.29 is 88.0 Å². The number of ether oxygens (including phenoxy) is 1. The highest BCUT2D eigenvalue weighted by Crippen LogP contribution is 2.26. The Bertz CT molecular complexity index is 1800. The van der Waals surface area contributed by atoms with Crippen molar-refractivity contribution in [2.24, 2.45) is 11.8 Å². The van der Waals surface area contributed by atoms with Gasteiger partial charge in [-0.05, 0) is 30.5 Å². The number of Topliss-reactive ketones (excluding diaryl/α,β-unsaturated/α-hetero) is 1. The van der Waals surface area contributed by atoms with Crippen LogP contribution in [0.1, 0.15) is 32.8 Å². The maximum absolute atomic E-state index is 14.0. The molecule has 0 saturated heterocycles. The lowest BCUT2D eigenvalue weighted by atomic mass is 9.98. The topological polar surface area (TPSA) is 217 Å². The molecule has 0 spiro atoms. The fourth-order valence-electron chi connectivity index (χ4n) is 4.55. The van der Waals surface area contributed by atoms with E-state index in [-0.39, 0.29) is 11.6 Å². The van der Waals surface area contributed by atoms with E-state index in [1.807, 2.05) is 10.6 Å². The SMILES string of the molecule is CC(C)[C@H](NC(=O)[C@H](Cc1ccc(F)c(F)c1)NC(=O)C(NC(=O)C(F)(F)F)[C@@H](C)C(=O)O)C(=O)N[C@@H](CC(=O)O)C(=O)COc1c(F)c(F)cc(F)c1F. The Balaban J connectivity index is 2.42. The number of carboxylic acids is 2. The van der Waals surface area contributed by atoms with Gasteiger partial charge < -0.3 is 36.2 Å². The van der Waals surface area contributed by atoms with Crippen molar-refractivity contribution in [3.8, 4) is 5.75 Å². The number of rotatable bonds is 18. The second-order valence-electron chi connectivity index (χ2n) is 12.0. The first-order valence-corrected chi connectivity index (χ1v) is 15.5. The number of hydrogen-bond acceptors (Lipinski definition) is 8. The summed E-state index contributed by atoms with van der Waals surface area (Å²) in [5.41, 5.74) is -0.245. The molecule has 6 N–H and O–H groups in total. The second kappa shape index (κ2) is 18.9. The molecule has 0 aliphatic carbocycles. The molecule has 0 aliphatic rings.